The highest BCUT2D eigenvalue weighted by molar-refractivity contribution is 5.73. The molecule has 0 spiro atoms. The van der Waals surface area contributed by atoms with Crippen molar-refractivity contribution < 1.29 is 9.63 Å². The summed E-state index contributed by atoms with van der Waals surface area (Å²) in [5.74, 6) is 0.171. The van der Waals surface area contributed by atoms with Crippen molar-refractivity contribution in [3.8, 4) is 0 Å². The quantitative estimate of drug-likeness (QED) is 0.705. The second-order valence-electron chi connectivity index (χ2n) is 5.11. The van der Waals surface area contributed by atoms with Gasteiger partial charge in [-0.2, -0.15) is 5.48 Å². The van der Waals surface area contributed by atoms with Crippen molar-refractivity contribution in [2.75, 3.05) is 13.1 Å². The molecule has 1 rings (SSSR count). The number of hydrogen-bond acceptors (Lipinski definition) is 3. The summed E-state index contributed by atoms with van der Waals surface area (Å²) in [6, 6.07) is 0.375. The largest absolute Gasteiger partial charge is 0.343 e. The van der Waals surface area contributed by atoms with Crippen LogP contribution in [0.1, 0.15) is 40.5 Å². The van der Waals surface area contributed by atoms with E-state index in [1.807, 2.05) is 25.7 Å². The Labute approximate surface area is 91.9 Å². The summed E-state index contributed by atoms with van der Waals surface area (Å²) in [4.78, 5) is 18.5. The number of carbonyl (C=O) groups is 1. The van der Waals surface area contributed by atoms with Gasteiger partial charge in [-0.1, -0.05) is 0 Å². The molecule has 1 heterocycles. The van der Waals surface area contributed by atoms with Crippen LogP contribution in [0.2, 0.25) is 0 Å². The number of nitrogens with zero attached hydrogens (tertiary/aromatic N) is 1. The van der Waals surface area contributed by atoms with E-state index in [2.05, 4.69) is 5.48 Å². The average Bonchev–Trinajstić information content (AvgIpc) is 2.14. The van der Waals surface area contributed by atoms with Gasteiger partial charge in [-0.25, -0.2) is 0 Å². The second-order valence-corrected chi connectivity index (χ2v) is 5.11. The van der Waals surface area contributed by atoms with Crippen LogP contribution in [0, 0.1) is 0 Å². The monoisotopic (exact) mass is 214 g/mol. The van der Waals surface area contributed by atoms with E-state index in [9.17, 15) is 4.79 Å². The summed E-state index contributed by atoms with van der Waals surface area (Å²) in [7, 11) is 0. The van der Waals surface area contributed by atoms with Gasteiger partial charge in [0.15, 0.2) is 0 Å². The van der Waals surface area contributed by atoms with E-state index in [0.29, 0.717) is 6.04 Å². The molecule has 0 saturated carbocycles. The molecule has 0 atom stereocenters. The van der Waals surface area contributed by atoms with Gasteiger partial charge in [-0.05, 0) is 33.6 Å². The van der Waals surface area contributed by atoms with E-state index in [0.717, 1.165) is 25.9 Å². The Morgan fingerprint density at radius 1 is 1.33 bits per heavy atom. The van der Waals surface area contributed by atoms with Crippen molar-refractivity contribution in [3.05, 3.63) is 0 Å². The lowest BCUT2D eigenvalue weighted by Crippen LogP contribution is -2.46. The van der Waals surface area contributed by atoms with E-state index < -0.39 is 0 Å². The lowest BCUT2D eigenvalue weighted by atomic mass is 10.1. The van der Waals surface area contributed by atoms with Gasteiger partial charge in [0.1, 0.15) is 0 Å². The minimum atomic E-state index is -0.155. The molecule has 0 aromatic heterocycles. The summed E-state index contributed by atoms with van der Waals surface area (Å²) in [6.45, 7) is 9.35. The topological polar surface area (TPSA) is 41.6 Å². The Morgan fingerprint density at radius 2 is 1.87 bits per heavy atom. The van der Waals surface area contributed by atoms with Gasteiger partial charge in [0.2, 0.25) is 5.91 Å². The molecule has 0 aromatic rings. The number of likely N-dealkylation sites (tertiary alicyclic amines) is 1. The highest BCUT2D eigenvalue weighted by Crippen LogP contribution is 2.12. The molecule has 0 radical (unpaired) electrons. The molecular formula is C11H22N2O2. The molecule has 1 saturated heterocycles. The molecule has 1 amide bonds. The van der Waals surface area contributed by atoms with E-state index >= 15 is 0 Å². The SMILES string of the molecule is CC(=O)N1CCC(NOC(C)(C)C)CC1. The Morgan fingerprint density at radius 3 is 2.27 bits per heavy atom. The van der Waals surface area contributed by atoms with E-state index in [4.69, 9.17) is 4.84 Å². The number of amides is 1. The molecule has 4 nitrogen and oxygen atoms in total. The fourth-order valence-electron chi connectivity index (χ4n) is 1.57. The fraction of sp³-hybridized carbons (Fsp3) is 0.909. The van der Waals surface area contributed by atoms with Crippen LogP contribution < -0.4 is 5.48 Å². The van der Waals surface area contributed by atoms with Crippen LogP contribution in [0.3, 0.4) is 0 Å². The Bertz CT molecular complexity index is 215. The molecule has 0 unspecified atom stereocenters. The number of carbonyl (C=O) groups excluding carboxylic acids is 1. The third-order valence-electron chi connectivity index (χ3n) is 2.47. The van der Waals surface area contributed by atoms with Gasteiger partial charge >= 0.3 is 0 Å². The zero-order chi connectivity index (χ0) is 11.5. The van der Waals surface area contributed by atoms with E-state index in [1.165, 1.54) is 0 Å². The predicted molar refractivity (Wildman–Crippen MR) is 59.2 cm³/mol. The Hall–Kier alpha value is -0.610. The summed E-state index contributed by atoms with van der Waals surface area (Å²) >= 11 is 0. The van der Waals surface area contributed by atoms with E-state index in [1.54, 1.807) is 6.92 Å². The Kier molecular flexibility index (Phi) is 4.11. The number of piperidine rings is 1. The van der Waals surface area contributed by atoms with Crippen molar-refractivity contribution >= 4 is 5.91 Å². The lowest BCUT2D eigenvalue weighted by molar-refractivity contribution is -0.132. The van der Waals surface area contributed by atoms with Crippen LogP contribution in [0.4, 0.5) is 0 Å². The summed E-state index contributed by atoms with van der Waals surface area (Å²) in [5, 5.41) is 0. The van der Waals surface area contributed by atoms with Gasteiger partial charge in [0, 0.05) is 26.1 Å². The standard InChI is InChI=1S/C11H22N2O2/c1-9(14)13-7-5-10(6-8-13)12-15-11(2,3)4/h10,12H,5-8H2,1-4H3. The highest BCUT2D eigenvalue weighted by Gasteiger charge is 2.22. The zero-order valence-electron chi connectivity index (χ0n) is 10.2. The molecule has 1 N–H and O–H groups in total. The second kappa shape index (κ2) is 4.94. The number of hydrogen-bond donors (Lipinski definition) is 1. The summed E-state index contributed by atoms with van der Waals surface area (Å²) < 4.78 is 0. The molecule has 4 heteroatoms. The highest BCUT2D eigenvalue weighted by atomic mass is 16.7. The molecule has 1 aliphatic heterocycles. The minimum absolute atomic E-state index is 0.155. The molecule has 0 aliphatic carbocycles. The number of nitrogens with one attached hydrogen (secondary N) is 1. The maximum absolute atomic E-state index is 11.1. The summed E-state index contributed by atoms with van der Waals surface area (Å²) in [6.07, 6.45) is 1.94. The average molecular weight is 214 g/mol. The van der Waals surface area contributed by atoms with Crippen molar-refractivity contribution in [1.82, 2.24) is 10.4 Å². The fourth-order valence-corrected chi connectivity index (χ4v) is 1.57. The molecule has 1 aliphatic rings. The minimum Gasteiger partial charge on any atom is -0.343 e. The van der Waals surface area contributed by atoms with Crippen LogP contribution in [0.25, 0.3) is 0 Å². The third-order valence-corrected chi connectivity index (χ3v) is 2.47. The first kappa shape index (κ1) is 12.5. The van der Waals surface area contributed by atoms with Gasteiger partial charge in [-0.15, -0.1) is 0 Å². The first-order valence-electron chi connectivity index (χ1n) is 5.57. The van der Waals surface area contributed by atoms with Gasteiger partial charge in [-0.3, -0.25) is 9.63 Å². The normalized spacial score (nSPS) is 19.3. The Balaban J connectivity index is 2.23. The van der Waals surface area contributed by atoms with Crippen LogP contribution in [0.5, 0.6) is 0 Å². The van der Waals surface area contributed by atoms with Gasteiger partial charge in [0.05, 0.1) is 5.60 Å². The van der Waals surface area contributed by atoms with Crippen LogP contribution in [-0.2, 0) is 9.63 Å². The molecule has 15 heavy (non-hydrogen) atoms. The maximum Gasteiger partial charge on any atom is 0.219 e. The maximum atomic E-state index is 11.1. The van der Waals surface area contributed by atoms with Crippen molar-refractivity contribution in [3.63, 3.8) is 0 Å². The van der Waals surface area contributed by atoms with Crippen LogP contribution in [0.15, 0.2) is 0 Å². The molecule has 1 fully saturated rings. The van der Waals surface area contributed by atoms with Crippen LogP contribution >= 0.6 is 0 Å². The molecular weight excluding hydrogens is 192 g/mol. The van der Waals surface area contributed by atoms with Crippen molar-refractivity contribution in [1.29, 1.82) is 0 Å². The molecule has 0 bridgehead atoms. The molecule has 0 aromatic carbocycles. The van der Waals surface area contributed by atoms with Gasteiger partial charge < -0.3 is 4.90 Å². The predicted octanol–water partition coefficient (Wildman–Crippen LogP) is 1.32. The first-order valence-corrected chi connectivity index (χ1v) is 5.57. The van der Waals surface area contributed by atoms with Crippen molar-refractivity contribution in [2.45, 2.75) is 52.2 Å². The molecule has 88 valence electrons. The smallest absolute Gasteiger partial charge is 0.219 e. The summed E-state index contributed by atoms with van der Waals surface area (Å²) in [5.41, 5.74) is 2.93. The first-order chi connectivity index (χ1) is 6.88. The third kappa shape index (κ3) is 4.62. The van der Waals surface area contributed by atoms with Gasteiger partial charge in [0.25, 0.3) is 0 Å². The number of hydroxylamine groups is 1. The van der Waals surface area contributed by atoms with Crippen molar-refractivity contribution in [2.24, 2.45) is 0 Å². The lowest BCUT2D eigenvalue weighted by Gasteiger charge is -2.33. The van der Waals surface area contributed by atoms with E-state index in [-0.39, 0.29) is 11.5 Å². The number of rotatable bonds is 2. The zero-order valence-corrected chi connectivity index (χ0v) is 10.2. The van der Waals surface area contributed by atoms with Crippen LogP contribution in [-0.4, -0.2) is 35.5 Å².